The summed E-state index contributed by atoms with van der Waals surface area (Å²) in [5.74, 6) is 1.23. The Bertz CT molecular complexity index is 81.0. The number of carbonyl (C=O) groups excluding carboxylic acids is 1. The molecule has 2 heteroatoms. The molecular formula is C7H15NO. The molecule has 0 rings (SSSR count). The lowest BCUT2D eigenvalue weighted by molar-refractivity contribution is -0.109. The molecule has 0 heterocycles. The van der Waals surface area contributed by atoms with E-state index in [1.807, 2.05) is 0 Å². The van der Waals surface area contributed by atoms with Gasteiger partial charge in [0.15, 0.2) is 0 Å². The average molecular weight is 129 g/mol. The Kier molecular flexibility index (Phi) is 4.10. The first-order valence-corrected chi connectivity index (χ1v) is 3.35. The maximum absolute atomic E-state index is 9.82. The molecule has 0 fully saturated rings. The molecule has 0 aromatic carbocycles. The van der Waals surface area contributed by atoms with Gasteiger partial charge in [0.05, 0.1) is 0 Å². The topological polar surface area (TPSA) is 29.1 Å². The predicted octanol–water partition coefficient (Wildman–Crippen LogP) is 1.02. The maximum Gasteiger partial charge on any atom is 0.207 e. The van der Waals surface area contributed by atoms with E-state index in [4.69, 9.17) is 0 Å². The standard InChI is InChI=1S/C7H15NO/c1-6(2)7(3)4-8-5-9/h5-7H,4H2,1-3H3,(H,8,9). The minimum absolute atomic E-state index is 0.579. The van der Waals surface area contributed by atoms with Gasteiger partial charge >= 0.3 is 0 Å². The molecule has 1 N–H and O–H groups in total. The minimum Gasteiger partial charge on any atom is -0.358 e. The van der Waals surface area contributed by atoms with E-state index in [1.165, 1.54) is 0 Å². The third-order valence-corrected chi connectivity index (χ3v) is 1.66. The highest BCUT2D eigenvalue weighted by molar-refractivity contribution is 5.45. The number of amides is 1. The zero-order valence-corrected chi connectivity index (χ0v) is 6.35. The normalized spacial score (nSPS) is 13.3. The van der Waals surface area contributed by atoms with Gasteiger partial charge in [0.25, 0.3) is 0 Å². The number of rotatable bonds is 4. The van der Waals surface area contributed by atoms with Crippen molar-refractivity contribution in [3.05, 3.63) is 0 Å². The van der Waals surface area contributed by atoms with Crippen LogP contribution in [0.3, 0.4) is 0 Å². The van der Waals surface area contributed by atoms with E-state index in [2.05, 4.69) is 26.1 Å². The molecule has 2 nitrogen and oxygen atoms in total. The fourth-order valence-electron chi connectivity index (χ4n) is 0.470. The van der Waals surface area contributed by atoms with E-state index in [9.17, 15) is 4.79 Å². The first-order valence-electron chi connectivity index (χ1n) is 3.35. The van der Waals surface area contributed by atoms with E-state index < -0.39 is 0 Å². The Labute approximate surface area is 56.6 Å². The van der Waals surface area contributed by atoms with Crippen LogP contribution in [0.25, 0.3) is 0 Å². The number of nitrogens with one attached hydrogen (secondary N) is 1. The van der Waals surface area contributed by atoms with Gasteiger partial charge in [0, 0.05) is 6.54 Å². The number of carbonyl (C=O) groups is 1. The van der Waals surface area contributed by atoms with Crippen molar-refractivity contribution in [2.45, 2.75) is 20.8 Å². The zero-order chi connectivity index (χ0) is 7.28. The fraction of sp³-hybridized carbons (Fsp3) is 0.857. The molecule has 9 heavy (non-hydrogen) atoms. The molecule has 0 bridgehead atoms. The van der Waals surface area contributed by atoms with Crippen molar-refractivity contribution in [3.63, 3.8) is 0 Å². The molecular weight excluding hydrogens is 114 g/mol. The van der Waals surface area contributed by atoms with Gasteiger partial charge in [-0.25, -0.2) is 0 Å². The van der Waals surface area contributed by atoms with Crippen LogP contribution in [-0.4, -0.2) is 13.0 Å². The van der Waals surface area contributed by atoms with Gasteiger partial charge in [-0.05, 0) is 11.8 Å². The van der Waals surface area contributed by atoms with Crippen molar-refractivity contribution in [2.24, 2.45) is 11.8 Å². The van der Waals surface area contributed by atoms with Gasteiger partial charge in [0.1, 0.15) is 0 Å². The zero-order valence-electron chi connectivity index (χ0n) is 6.35. The summed E-state index contributed by atoms with van der Waals surface area (Å²) in [6, 6.07) is 0. The molecule has 0 aliphatic heterocycles. The van der Waals surface area contributed by atoms with Gasteiger partial charge < -0.3 is 5.32 Å². The predicted molar refractivity (Wildman–Crippen MR) is 38.1 cm³/mol. The summed E-state index contributed by atoms with van der Waals surface area (Å²) in [5, 5.41) is 2.65. The van der Waals surface area contributed by atoms with Crippen molar-refractivity contribution in [1.29, 1.82) is 0 Å². The van der Waals surface area contributed by atoms with Crippen molar-refractivity contribution >= 4 is 6.41 Å². The van der Waals surface area contributed by atoms with Crippen molar-refractivity contribution in [1.82, 2.24) is 5.32 Å². The maximum atomic E-state index is 9.82. The van der Waals surface area contributed by atoms with Crippen LogP contribution in [0.4, 0.5) is 0 Å². The lowest BCUT2D eigenvalue weighted by Crippen LogP contribution is -2.22. The monoisotopic (exact) mass is 129 g/mol. The van der Waals surface area contributed by atoms with Gasteiger partial charge in [-0.2, -0.15) is 0 Å². The van der Waals surface area contributed by atoms with Crippen LogP contribution < -0.4 is 5.32 Å². The molecule has 0 saturated heterocycles. The summed E-state index contributed by atoms with van der Waals surface area (Å²) in [7, 11) is 0. The molecule has 0 aliphatic carbocycles. The Morgan fingerprint density at radius 2 is 2.00 bits per heavy atom. The van der Waals surface area contributed by atoms with E-state index in [1.54, 1.807) is 0 Å². The largest absolute Gasteiger partial charge is 0.358 e. The van der Waals surface area contributed by atoms with E-state index >= 15 is 0 Å². The third-order valence-electron chi connectivity index (χ3n) is 1.66. The molecule has 0 aromatic heterocycles. The van der Waals surface area contributed by atoms with Crippen LogP contribution in [-0.2, 0) is 4.79 Å². The van der Waals surface area contributed by atoms with Crippen molar-refractivity contribution in [3.8, 4) is 0 Å². The lowest BCUT2D eigenvalue weighted by atomic mass is 9.98. The average Bonchev–Trinajstić information content (AvgIpc) is 1.82. The SMILES string of the molecule is CC(C)C(C)CNC=O. The van der Waals surface area contributed by atoms with E-state index in [0.29, 0.717) is 11.8 Å². The highest BCUT2D eigenvalue weighted by Crippen LogP contribution is 2.06. The summed E-state index contributed by atoms with van der Waals surface area (Å²) in [6.45, 7) is 7.22. The summed E-state index contributed by atoms with van der Waals surface area (Å²) < 4.78 is 0. The Balaban J connectivity index is 3.26. The summed E-state index contributed by atoms with van der Waals surface area (Å²) >= 11 is 0. The molecule has 54 valence electrons. The van der Waals surface area contributed by atoms with Gasteiger partial charge in [-0.3, -0.25) is 4.79 Å². The molecule has 1 atom stereocenters. The highest BCUT2D eigenvalue weighted by Gasteiger charge is 2.04. The summed E-state index contributed by atoms with van der Waals surface area (Å²) in [4.78, 5) is 9.82. The van der Waals surface area contributed by atoms with Crippen LogP contribution in [0.5, 0.6) is 0 Å². The minimum atomic E-state index is 0.579. The van der Waals surface area contributed by atoms with Crippen molar-refractivity contribution in [2.75, 3.05) is 6.54 Å². The molecule has 0 aromatic rings. The smallest absolute Gasteiger partial charge is 0.207 e. The molecule has 0 saturated carbocycles. The van der Waals surface area contributed by atoms with Gasteiger partial charge in [-0.15, -0.1) is 0 Å². The first-order chi connectivity index (χ1) is 4.18. The lowest BCUT2D eigenvalue weighted by Gasteiger charge is -2.13. The van der Waals surface area contributed by atoms with Crippen LogP contribution in [0.15, 0.2) is 0 Å². The first kappa shape index (κ1) is 8.47. The second-order valence-corrected chi connectivity index (χ2v) is 2.75. The van der Waals surface area contributed by atoms with Gasteiger partial charge in [0.2, 0.25) is 6.41 Å². The van der Waals surface area contributed by atoms with Crippen molar-refractivity contribution < 1.29 is 4.79 Å². The molecule has 0 spiro atoms. The quantitative estimate of drug-likeness (QED) is 0.564. The van der Waals surface area contributed by atoms with E-state index in [0.717, 1.165) is 13.0 Å². The number of hydrogen-bond donors (Lipinski definition) is 1. The summed E-state index contributed by atoms with van der Waals surface area (Å²) in [5.41, 5.74) is 0. The number of hydrogen-bond acceptors (Lipinski definition) is 1. The van der Waals surface area contributed by atoms with Crippen LogP contribution in [0.1, 0.15) is 20.8 Å². The highest BCUT2D eigenvalue weighted by atomic mass is 16.1. The van der Waals surface area contributed by atoms with Gasteiger partial charge in [-0.1, -0.05) is 20.8 Å². The second-order valence-electron chi connectivity index (χ2n) is 2.75. The molecule has 1 unspecified atom stereocenters. The molecule has 0 aliphatic rings. The Hall–Kier alpha value is -0.530. The Morgan fingerprint density at radius 3 is 2.33 bits per heavy atom. The Morgan fingerprint density at radius 1 is 1.44 bits per heavy atom. The second kappa shape index (κ2) is 4.36. The van der Waals surface area contributed by atoms with Crippen LogP contribution in [0, 0.1) is 11.8 Å². The molecule has 1 amide bonds. The summed E-state index contributed by atoms with van der Waals surface area (Å²) in [6.07, 6.45) is 0.749. The van der Waals surface area contributed by atoms with Crippen LogP contribution >= 0.6 is 0 Å². The van der Waals surface area contributed by atoms with E-state index in [-0.39, 0.29) is 0 Å². The fourth-order valence-corrected chi connectivity index (χ4v) is 0.470. The molecule has 0 radical (unpaired) electrons. The van der Waals surface area contributed by atoms with Crippen LogP contribution in [0.2, 0.25) is 0 Å². The third kappa shape index (κ3) is 4.01.